The van der Waals surface area contributed by atoms with E-state index in [2.05, 4.69) is 60.4 Å². The second-order valence-corrected chi connectivity index (χ2v) is 8.77. The molecule has 0 bridgehead atoms. The molecule has 4 rings (SSSR count). The lowest BCUT2D eigenvalue weighted by Gasteiger charge is -2.24. The van der Waals surface area contributed by atoms with Crippen LogP contribution in [-0.4, -0.2) is 25.8 Å². The number of fused-ring (bicyclic) bond motifs is 1. The summed E-state index contributed by atoms with van der Waals surface area (Å²) in [4.78, 5) is 26.3. The van der Waals surface area contributed by atoms with Gasteiger partial charge in [0.1, 0.15) is 5.75 Å². The first-order valence-corrected chi connectivity index (χ1v) is 10.1. The topological polar surface area (TPSA) is 100 Å². The average molecular weight is 406 g/mol. The zero-order valence-electron chi connectivity index (χ0n) is 17.4. The number of rotatable bonds is 3. The van der Waals surface area contributed by atoms with Crippen molar-refractivity contribution < 1.29 is 9.90 Å². The third-order valence-corrected chi connectivity index (χ3v) is 5.61. The molecule has 1 aliphatic carbocycles. The van der Waals surface area contributed by atoms with Crippen LogP contribution in [0.15, 0.2) is 47.5 Å². The normalized spacial score (nSPS) is 16.2. The van der Waals surface area contributed by atoms with Crippen LogP contribution in [0.25, 0.3) is 5.69 Å². The van der Waals surface area contributed by atoms with Gasteiger partial charge >= 0.3 is 0 Å². The van der Waals surface area contributed by atoms with Crippen molar-refractivity contribution in [1.82, 2.24) is 20.1 Å². The van der Waals surface area contributed by atoms with Crippen molar-refractivity contribution in [2.45, 2.75) is 51.5 Å². The number of hydrogen-bond acceptors (Lipinski definition) is 4. The number of pyridine rings is 1. The Morgan fingerprint density at radius 1 is 1.27 bits per heavy atom. The summed E-state index contributed by atoms with van der Waals surface area (Å²) in [7, 11) is 0. The van der Waals surface area contributed by atoms with Gasteiger partial charge in [-0.2, -0.15) is 5.10 Å². The molecule has 0 saturated carbocycles. The number of H-pyrrole nitrogens is 1. The molecule has 3 aromatic rings. The van der Waals surface area contributed by atoms with Crippen LogP contribution < -0.4 is 10.9 Å². The SMILES string of the molecule is CC(C)(C)c1ccc(-n2ncc3c2CCC[C@H]3NC(=O)c2c[nH]c(=O)cc2O)cc1. The number of nitrogens with zero attached hydrogens (tertiary/aromatic N) is 2. The average Bonchev–Trinajstić information content (AvgIpc) is 3.12. The Morgan fingerprint density at radius 3 is 2.67 bits per heavy atom. The fourth-order valence-electron chi connectivity index (χ4n) is 3.91. The molecular formula is C23H26N4O3. The van der Waals surface area contributed by atoms with Crippen LogP contribution in [-0.2, 0) is 11.8 Å². The van der Waals surface area contributed by atoms with Crippen LogP contribution in [0.1, 0.15) is 66.8 Å². The van der Waals surface area contributed by atoms with Crippen molar-refractivity contribution in [1.29, 1.82) is 0 Å². The van der Waals surface area contributed by atoms with Crippen molar-refractivity contribution in [3.8, 4) is 11.4 Å². The van der Waals surface area contributed by atoms with Crippen LogP contribution >= 0.6 is 0 Å². The lowest BCUT2D eigenvalue weighted by Crippen LogP contribution is -2.31. The van der Waals surface area contributed by atoms with Crippen molar-refractivity contribution >= 4 is 5.91 Å². The molecule has 3 N–H and O–H groups in total. The van der Waals surface area contributed by atoms with Crippen LogP contribution in [0.5, 0.6) is 5.75 Å². The molecule has 1 aliphatic rings. The van der Waals surface area contributed by atoms with E-state index < -0.39 is 11.5 Å². The van der Waals surface area contributed by atoms with Gasteiger partial charge in [-0.05, 0) is 42.4 Å². The molecule has 0 saturated heterocycles. The van der Waals surface area contributed by atoms with E-state index in [0.717, 1.165) is 42.3 Å². The van der Waals surface area contributed by atoms with Crippen molar-refractivity contribution in [2.24, 2.45) is 0 Å². The van der Waals surface area contributed by atoms with Crippen molar-refractivity contribution in [3.63, 3.8) is 0 Å². The number of carbonyl (C=O) groups excluding carboxylic acids is 1. The van der Waals surface area contributed by atoms with Gasteiger partial charge in [0.15, 0.2) is 0 Å². The Labute approximate surface area is 174 Å². The monoisotopic (exact) mass is 406 g/mol. The molecule has 2 heterocycles. The summed E-state index contributed by atoms with van der Waals surface area (Å²) in [5.74, 6) is -0.759. The van der Waals surface area contributed by atoms with Gasteiger partial charge < -0.3 is 15.4 Å². The molecule has 2 aromatic heterocycles. The summed E-state index contributed by atoms with van der Waals surface area (Å²) in [5.41, 5.74) is 4.01. The second-order valence-electron chi connectivity index (χ2n) is 8.77. The number of carbonyl (C=O) groups is 1. The molecule has 7 heteroatoms. The molecular weight excluding hydrogens is 380 g/mol. The minimum Gasteiger partial charge on any atom is -0.507 e. The van der Waals surface area contributed by atoms with Gasteiger partial charge in [-0.3, -0.25) is 9.59 Å². The van der Waals surface area contributed by atoms with Gasteiger partial charge in [-0.25, -0.2) is 4.68 Å². The van der Waals surface area contributed by atoms with E-state index in [-0.39, 0.29) is 22.8 Å². The summed E-state index contributed by atoms with van der Waals surface area (Å²) < 4.78 is 1.94. The summed E-state index contributed by atoms with van der Waals surface area (Å²) in [6.45, 7) is 6.56. The molecule has 156 valence electrons. The van der Waals surface area contributed by atoms with Gasteiger partial charge in [0.05, 0.1) is 23.5 Å². The van der Waals surface area contributed by atoms with Crippen LogP contribution in [0, 0.1) is 0 Å². The quantitative estimate of drug-likeness (QED) is 0.621. The van der Waals surface area contributed by atoms with E-state index in [1.54, 1.807) is 0 Å². The summed E-state index contributed by atoms with van der Waals surface area (Å²) >= 11 is 0. The molecule has 30 heavy (non-hydrogen) atoms. The van der Waals surface area contributed by atoms with E-state index in [1.165, 1.54) is 11.8 Å². The first kappa shape index (κ1) is 19.9. The molecule has 0 radical (unpaired) electrons. The highest BCUT2D eigenvalue weighted by atomic mass is 16.3. The zero-order chi connectivity index (χ0) is 21.5. The van der Waals surface area contributed by atoms with E-state index in [1.807, 2.05) is 10.9 Å². The third-order valence-electron chi connectivity index (χ3n) is 5.61. The standard InChI is InChI=1S/C23H26N4O3/c1-23(2,3)14-7-9-15(10-8-14)27-19-6-4-5-18(16(19)13-25-27)26-22(30)17-12-24-21(29)11-20(17)28/h7-13,18H,4-6H2,1-3H3,(H,26,30)(H2,24,28,29)/t18-/m1/s1. The summed E-state index contributed by atoms with van der Waals surface area (Å²) in [6, 6.07) is 9.22. The first-order chi connectivity index (χ1) is 14.2. The third kappa shape index (κ3) is 3.75. The van der Waals surface area contributed by atoms with Crippen LogP contribution in [0.4, 0.5) is 0 Å². The molecule has 0 fully saturated rings. The minimum atomic E-state index is -0.456. The Kier molecular flexibility index (Phi) is 4.97. The fourth-order valence-corrected chi connectivity index (χ4v) is 3.91. The highest BCUT2D eigenvalue weighted by Gasteiger charge is 2.27. The number of aromatic hydroxyl groups is 1. The molecule has 1 atom stereocenters. The molecule has 7 nitrogen and oxygen atoms in total. The lowest BCUT2D eigenvalue weighted by molar-refractivity contribution is 0.0929. The molecule has 0 spiro atoms. The predicted octanol–water partition coefficient (Wildman–Crippen LogP) is 3.37. The Bertz CT molecular complexity index is 1140. The number of aromatic nitrogens is 3. The Morgan fingerprint density at radius 2 is 2.00 bits per heavy atom. The Balaban J connectivity index is 1.59. The van der Waals surface area contributed by atoms with Crippen molar-refractivity contribution in [3.05, 3.63) is 75.5 Å². The van der Waals surface area contributed by atoms with Crippen molar-refractivity contribution in [2.75, 3.05) is 0 Å². The smallest absolute Gasteiger partial charge is 0.257 e. The lowest BCUT2D eigenvalue weighted by atomic mass is 9.87. The number of hydrogen-bond donors (Lipinski definition) is 3. The minimum absolute atomic E-state index is 0.0480. The summed E-state index contributed by atoms with van der Waals surface area (Å²) in [6.07, 6.45) is 5.63. The number of benzene rings is 1. The molecule has 1 aromatic carbocycles. The number of amides is 1. The first-order valence-electron chi connectivity index (χ1n) is 10.1. The van der Waals surface area contributed by atoms with E-state index in [4.69, 9.17) is 0 Å². The van der Waals surface area contributed by atoms with Gasteiger partial charge in [0, 0.05) is 23.5 Å². The fraction of sp³-hybridized carbons (Fsp3) is 0.348. The predicted molar refractivity (Wildman–Crippen MR) is 114 cm³/mol. The highest BCUT2D eigenvalue weighted by Crippen LogP contribution is 2.32. The number of nitrogens with one attached hydrogen (secondary N) is 2. The molecule has 1 amide bonds. The van der Waals surface area contributed by atoms with E-state index in [0.29, 0.717) is 0 Å². The number of aromatic amines is 1. The maximum absolute atomic E-state index is 12.6. The maximum atomic E-state index is 12.6. The second kappa shape index (κ2) is 7.48. The largest absolute Gasteiger partial charge is 0.507 e. The summed E-state index contributed by atoms with van der Waals surface area (Å²) in [5, 5.41) is 17.5. The van der Waals surface area contributed by atoms with Gasteiger partial charge in [-0.15, -0.1) is 0 Å². The van der Waals surface area contributed by atoms with Gasteiger partial charge in [0.2, 0.25) is 0 Å². The van der Waals surface area contributed by atoms with Crippen LogP contribution in [0.3, 0.4) is 0 Å². The van der Waals surface area contributed by atoms with Gasteiger partial charge in [-0.1, -0.05) is 32.9 Å². The highest BCUT2D eigenvalue weighted by molar-refractivity contribution is 5.96. The van der Waals surface area contributed by atoms with Gasteiger partial charge in [0.25, 0.3) is 11.5 Å². The maximum Gasteiger partial charge on any atom is 0.257 e. The molecule has 0 unspecified atom stereocenters. The Hall–Kier alpha value is -3.35. The molecule has 0 aliphatic heterocycles. The zero-order valence-corrected chi connectivity index (χ0v) is 17.4. The van der Waals surface area contributed by atoms with E-state index in [9.17, 15) is 14.7 Å². The van der Waals surface area contributed by atoms with E-state index >= 15 is 0 Å². The van der Waals surface area contributed by atoms with Crippen LogP contribution in [0.2, 0.25) is 0 Å².